The van der Waals surface area contributed by atoms with Crippen LogP contribution in [0.15, 0.2) is 26.7 Å². The van der Waals surface area contributed by atoms with Gasteiger partial charge in [0, 0.05) is 39.8 Å². The maximum atomic E-state index is 12.1. The Morgan fingerprint density at radius 3 is 2.92 bits per heavy atom. The van der Waals surface area contributed by atoms with E-state index in [0.29, 0.717) is 23.3 Å². The minimum atomic E-state index is -3.40. The van der Waals surface area contributed by atoms with Gasteiger partial charge in [0.2, 0.25) is 10.0 Å². The molecule has 0 aliphatic carbocycles. The summed E-state index contributed by atoms with van der Waals surface area (Å²) in [6, 6.07) is 3.90. The predicted octanol–water partition coefficient (Wildman–Crippen LogP) is 1.02. The van der Waals surface area contributed by atoms with Crippen molar-refractivity contribution in [1.82, 2.24) is 19.8 Å². The number of rotatable bonds is 8. The lowest BCUT2D eigenvalue weighted by atomic mass is 10.2. The molecule has 2 rings (SSSR count). The third kappa shape index (κ3) is 5.67. The second-order valence-electron chi connectivity index (χ2n) is 6.11. The van der Waals surface area contributed by atoms with Crippen LogP contribution in [0.2, 0.25) is 0 Å². The lowest BCUT2D eigenvalue weighted by molar-refractivity contribution is 0.233. The summed E-state index contributed by atoms with van der Waals surface area (Å²) >= 11 is 1.22. The van der Waals surface area contributed by atoms with Crippen LogP contribution in [0.25, 0.3) is 0 Å². The van der Waals surface area contributed by atoms with Crippen molar-refractivity contribution in [2.24, 2.45) is 4.99 Å². The van der Waals surface area contributed by atoms with E-state index in [0.717, 1.165) is 19.0 Å². The van der Waals surface area contributed by atoms with Gasteiger partial charge in [0.1, 0.15) is 4.21 Å². The van der Waals surface area contributed by atoms with Gasteiger partial charge in [0.05, 0.1) is 0 Å². The van der Waals surface area contributed by atoms with Crippen molar-refractivity contribution in [3.63, 3.8) is 0 Å². The van der Waals surface area contributed by atoms with E-state index in [1.165, 1.54) is 30.7 Å². The van der Waals surface area contributed by atoms with Crippen LogP contribution >= 0.6 is 11.3 Å². The van der Waals surface area contributed by atoms with Gasteiger partial charge in [0.15, 0.2) is 5.96 Å². The molecule has 0 radical (unpaired) electrons. The van der Waals surface area contributed by atoms with Crippen LogP contribution < -0.4 is 10.0 Å². The van der Waals surface area contributed by atoms with Crippen LogP contribution in [0.5, 0.6) is 0 Å². The summed E-state index contributed by atoms with van der Waals surface area (Å²) in [7, 11) is 0.373. The first-order valence-electron chi connectivity index (χ1n) is 8.67. The molecule has 0 spiro atoms. The van der Waals surface area contributed by atoms with E-state index >= 15 is 0 Å². The van der Waals surface area contributed by atoms with Crippen molar-refractivity contribution in [2.45, 2.75) is 30.0 Å². The second kappa shape index (κ2) is 9.51. The first kappa shape index (κ1) is 20.2. The normalized spacial score (nSPS) is 19.3. The number of thiophene rings is 1. The molecule has 25 heavy (non-hydrogen) atoms. The SMILES string of the molecule is CCN1CCCC1CN(C)C(=NC)NCCNS(=O)(=O)c1cccs1. The van der Waals surface area contributed by atoms with Gasteiger partial charge in [-0.3, -0.25) is 9.89 Å². The van der Waals surface area contributed by atoms with Gasteiger partial charge in [-0.1, -0.05) is 13.0 Å². The zero-order valence-electron chi connectivity index (χ0n) is 15.2. The first-order chi connectivity index (χ1) is 12.0. The molecule has 1 saturated heterocycles. The number of likely N-dealkylation sites (tertiary alicyclic amines) is 1. The number of aliphatic imine (C=N–C) groups is 1. The lowest BCUT2D eigenvalue weighted by Crippen LogP contribution is -2.47. The highest BCUT2D eigenvalue weighted by molar-refractivity contribution is 7.91. The van der Waals surface area contributed by atoms with Crippen LogP contribution in [-0.2, 0) is 10.0 Å². The molecule has 1 aromatic heterocycles. The molecule has 2 N–H and O–H groups in total. The number of sulfonamides is 1. The zero-order chi connectivity index (χ0) is 18.3. The van der Waals surface area contributed by atoms with Gasteiger partial charge in [-0.05, 0) is 37.4 Å². The maximum absolute atomic E-state index is 12.1. The number of hydrogen-bond donors (Lipinski definition) is 2. The van der Waals surface area contributed by atoms with E-state index in [2.05, 4.69) is 31.8 Å². The largest absolute Gasteiger partial charge is 0.355 e. The minimum Gasteiger partial charge on any atom is -0.355 e. The standard InChI is InChI=1S/C16H29N5O2S2/c1-4-21-11-5-7-14(21)13-20(3)16(17-2)18-9-10-19-25(22,23)15-8-6-12-24-15/h6,8,12,14,19H,4-5,7,9-11,13H2,1-3H3,(H,17,18). The molecule has 1 aliphatic rings. The molecule has 0 bridgehead atoms. The molecule has 7 nitrogen and oxygen atoms in total. The van der Waals surface area contributed by atoms with Gasteiger partial charge in [-0.2, -0.15) is 0 Å². The Morgan fingerprint density at radius 1 is 1.48 bits per heavy atom. The van der Waals surface area contributed by atoms with E-state index in [1.807, 2.05) is 7.05 Å². The Labute approximate surface area is 155 Å². The summed E-state index contributed by atoms with van der Waals surface area (Å²) in [5.74, 6) is 0.790. The highest BCUT2D eigenvalue weighted by Crippen LogP contribution is 2.17. The smallest absolute Gasteiger partial charge is 0.250 e. The fourth-order valence-electron chi connectivity index (χ4n) is 3.15. The van der Waals surface area contributed by atoms with Gasteiger partial charge < -0.3 is 10.2 Å². The van der Waals surface area contributed by atoms with E-state index < -0.39 is 10.0 Å². The molecule has 1 fully saturated rings. The van der Waals surface area contributed by atoms with E-state index in [-0.39, 0.29) is 0 Å². The average Bonchev–Trinajstić information content (AvgIpc) is 3.26. The van der Waals surface area contributed by atoms with Crippen LogP contribution in [0.1, 0.15) is 19.8 Å². The Morgan fingerprint density at radius 2 is 2.28 bits per heavy atom. The number of nitrogens with one attached hydrogen (secondary N) is 2. The molecule has 1 aromatic rings. The Bertz CT molecular complexity index is 645. The summed E-state index contributed by atoms with van der Waals surface area (Å²) in [6.07, 6.45) is 2.47. The molecule has 0 aromatic carbocycles. The lowest BCUT2D eigenvalue weighted by Gasteiger charge is -2.29. The molecule has 1 aliphatic heterocycles. The molecule has 0 saturated carbocycles. The van der Waals surface area contributed by atoms with Crippen LogP contribution in [0.3, 0.4) is 0 Å². The first-order valence-corrected chi connectivity index (χ1v) is 11.0. The average molecular weight is 388 g/mol. The third-order valence-electron chi connectivity index (χ3n) is 4.42. The van der Waals surface area contributed by atoms with Crippen molar-refractivity contribution < 1.29 is 8.42 Å². The van der Waals surface area contributed by atoms with Gasteiger partial charge in [-0.15, -0.1) is 11.3 Å². The van der Waals surface area contributed by atoms with Crippen molar-refractivity contribution in [2.75, 3.05) is 46.8 Å². The quantitative estimate of drug-likeness (QED) is 0.396. The predicted molar refractivity (Wildman–Crippen MR) is 104 cm³/mol. The Kier molecular flexibility index (Phi) is 7.67. The van der Waals surface area contributed by atoms with Crippen LogP contribution in [0, 0.1) is 0 Å². The van der Waals surface area contributed by atoms with Crippen LogP contribution in [-0.4, -0.2) is 77.0 Å². The number of nitrogens with zero attached hydrogens (tertiary/aromatic N) is 3. The number of likely N-dealkylation sites (N-methyl/N-ethyl adjacent to an activating group) is 2. The Balaban J connectivity index is 1.76. The fourth-order valence-corrected chi connectivity index (χ4v) is 5.22. The molecule has 1 atom stereocenters. The van der Waals surface area contributed by atoms with E-state index in [1.54, 1.807) is 24.6 Å². The van der Waals surface area contributed by atoms with Gasteiger partial charge >= 0.3 is 0 Å². The number of guanidine groups is 1. The molecule has 0 amide bonds. The van der Waals surface area contributed by atoms with Crippen molar-refractivity contribution in [3.05, 3.63) is 17.5 Å². The van der Waals surface area contributed by atoms with E-state index in [9.17, 15) is 8.42 Å². The monoisotopic (exact) mass is 387 g/mol. The third-order valence-corrected chi connectivity index (χ3v) is 7.28. The summed E-state index contributed by atoms with van der Waals surface area (Å²) in [4.78, 5) is 8.92. The molecule has 9 heteroatoms. The van der Waals surface area contributed by atoms with Crippen LogP contribution in [0.4, 0.5) is 0 Å². The van der Waals surface area contributed by atoms with Crippen molar-refractivity contribution >= 4 is 27.3 Å². The molecular weight excluding hydrogens is 358 g/mol. The van der Waals surface area contributed by atoms with Crippen molar-refractivity contribution in [1.29, 1.82) is 0 Å². The Hall–Kier alpha value is -1.16. The molecule has 142 valence electrons. The van der Waals surface area contributed by atoms with Gasteiger partial charge in [0.25, 0.3) is 0 Å². The van der Waals surface area contributed by atoms with Gasteiger partial charge in [-0.25, -0.2) is 13.1 Å². The summed E-state index contributed by atoms with van der Waals surface area (Å²) < 4.78 is 27.1. The highest BCUT2D eigenvalue weighted by Gasteiger charge is 2.24. The summed E-state index contributed by atoms with van der Waals surface area (Å²) in [6.45, 7) is 6.18. The van der Waals surface area contributed by atoms with Crippen molar-refractivity contribution in [3.8, 4) is 0 Å². The summed E-state index contributed by atoms with van der Waals surface area (Å²) in [5, 5.41) is 4.98. The topological polar surface area (TPSA) is 77.0 Å². The zero-order valence-corrected chi connectivity index (χ0v) is 16.9. The molecule has 2 heterocycles. The number of hydrogen-bond acceptors (Lipinski definition) is 5. The summed E-state index contributed by atoms with van der Waals surface area (Å²) in [5.41, 5.74) is 0. The second-order valence-corrected chi connectivity index (χ2v) is 9.05. The molecule has 1 unspecified atom stereocenters. The molecular formula is C16H29N5O2S2. The highest BCUT2D eigenvalue weighted by atomic mass is 32.2. The van der Waals surface area contributed by atoms with E-state index in [4.69, 9.17) is 0 Å². The minimum absolute atomic E-state index is 0.317. The fraction of sp³-hybridized carbons (Fsp3) is 0.688. The maximum Gasteiger partial charge on any atom is 0.250 e.